The molecule has 26 heavy (non-hydrogen) atoms. The Hall–Kier alpha value is -2.24. The van der Waals surface area contributed by atoms with Gasteiger partial charge in [-0.3, -0.25) is 9.69 Å². The molecule has 0 saturated carbocycles. The van der Waals surface area contributed by atoms with E-state index in [4.69, 9.17) is 22.1 Å². The van der Waals surface area contributed by atoms with Crippen LogP contribution in [0.25, 0.3) is 0 Å². The summed E-state index contributed by atoms with van der Waals surface area (Å²) in [6, 6.07) is 14.0. The number of nitrogens with zero attached hydrogens (tertiary/aromatic N) is 1. The van der Waals surface area contributed by atoms with Crippen molar-refractivity contribution >= 4 is 23.2 Å². The van der Waals surface area contributed by atoms with Crippen LogP contribution < -0.4 is 15.8 Å². The van der Waals surface area contributed by atoms with Crippen molar-refractivity contribution in [1.29, 1.82) is 0 Å². The normalized spacial score (nSPS) is 20.1. The van der Waals surface area contributed by atoms with Gasteiger partial charge >= 0.3 is 0 Å². The Morgan fingerprint density at radius 3 is 2.77 bits per heavy atom. The van der Waals surface area contributed by atoms with E-state index < -0.39 is 0 Å². The largest absolute Gasteiger partial charge is 0.496 e. The molecule has 2 atom stereocenters. The van der Waals surface area contributed by atoms with Crippen LogP contribution in [-0.4, -0.2) is 36.5 Å². The number of halogens is 1. The highest BCUT2D eigenvalue weighted by molar-refractivity contribution is 6.33. The molecule has 3 N–H and O–H groups in total. The molecule has 0 aromatic heterocycles. The summed E-state index contributed by atoms with van der Waals surface area (Å²) in [5.74, 6) is 0.235. The lowest BCUT2D eigenvalue weighted by atomic mass is 10.1. The Morgan fingerprint density at radius 1 is 1.35 bits per heavy atom. The summed E-state index contributed by atoms with van der Waals surface area (Å²) >= 11 is 6.07. The number of hydrogen-bond donors (Lipinski definition) is 2. The zero-order chi connectivity index (χ0) is 18.7. The number of nitrogen functional groups attached to an aromatic ring is 1. The first-order valence-corrected chi connectivity index (χ1v) is 9.07. The van der Waals surface area contributed by atoms with Gasteiger partial charge in [-0.25, -0.2) is 0 Å². The van der Waals surface area contributed by atoms with Gasteiger partial charge in [-0.15, -0.1) is 0 Å². The van der Waals surface area contributed by atoms with E-state index in [-0.39, 0.29) is 11.9 Å². The van der Waals surface area contributed by atoms with Gasteiger partial charge in [0.1, 0.15) is 5.75 Å². The standard InChI is InChI=1S/C20H24ClN3O2/c1-13-8-15(12-24(13)11-14-6-4-3-5-7-14)23-20(25)16-9-17(21)18(22)10-19(16)26-2/h3-7,9-10,13,15H,8,11-12,22H2,1-2H3,(H,23,25). The maximum atomic E-state index is 12.7. The third-order valence-electron chi connectivity index (χ3n) is 4.83. The Labute approximate surface area is 159 Å². The lowest BCUT2D eigenvalue weighted by Gasteiger charge is -2.21. The second-order valence-corrected chi connectivity index (χ2v) is 7.15. The zero-order valence-corrected chi connectivity index (χ0v) is 15.8. The molecule has 2 aromatic rings. The Bertz CT molecular complexity index is 782. The summed E-state index contributed by atoms with van der Waals surface area (Å²) in [6.45, 7) is 3.88. The quantitative estimate of drug-likeness (QED) is 0.789. The van der Waals surface area contributed by atoms with Gasteiger partial charge in [0.2, 0.25) is 0 Å². The number of carbonyl (C=O) groups excluding carboxylic acids is 1. The number of likely N-dealkylation sites (tertiary alicyclic amines) is 1. The van der Waals surface area contributed by atoms with Crippen LogP contribution in [0.4, 0.5) is 5.69 Å². The molecule has 2 unspecified atom stereocenters. The number of carbonyl (C=O) groups is 1. The summed E-state index contributed by atoms with van der Waals surface area (Å²) < 4.78 is 5.28. The highest BCUT2D eigenvalue weighted by Crippen LogP contribution is 2.29. The van der Waals surface area contributed by atoms with Crippen molar-refractivity contribution in [1.82, 2.24) is 10.2 Å². The van der Waals surface area contributed by atoms with Crippen molar-refractivity contribution in [3.63, 3.8) is 0 Å². The fourth-order valence-electron chi connectivity index (χ4n) is 3.42. The predicted octanol–water partition coefficient (Wildman–Crippen LogP) is 3.32. The van der Waals surface area contributed by atoms with Gasteiger partial charge in [0, 0.05) is 31.2 Å². The van der Waals surface area contributed by atoms with Crippen molar-refractivity contribution < 1.29 is 9.53 Å². The van der Waals surface area contributed by atoms with Gasteiger partial charge in [-0.05, 0) is 25.0 Å². The lowest BCUT2D eigenvalue weighted by Crippen LogP contribution is -2.37. The minimum Gasteiger partial charge on any atom is -0.496 e. The SMILES string of the molecule is COc1cc(N)c(Cl)cc1C(=O)NC1CC(C)N(Cc2ccccc2)C1. The summed E-state index contributed by atoms with van der Waals surface area (Å²) in [5, 5.41) is 3.45. The summed E-state index contributed by atoms with van der Waals surface area (Å²) in [7, 11) is 1.51. The van der Waals surface area contributed by atoms with E-state index in [9.17, 15) is 4.79 Å². The number of ether oxygens (including phenoxy) is 1. The first-order chi connectivity index (χ1) is 12.5. The van der Waals surface area contributed by atoms with Crippen LogP contribution in [0.2, 0.25) is 5.02 Å². The van der Waals surface area contributed by atoms with Crippen LogP contribution in [0, 0.1) is 0 Å². The number of nitrogens with two attached hydrogens (primary N) is 1. The number of methoxy groups -OCH3 is 1. The molecular weight excluding hydrogens is 350 g/mol. The maximum absolute atomic E-state index is 12.7. The summed E-state index contributed by atoms with van der Waals surface area (Å²) in [5.41, 5.74) is 7.86. The molecule has 1 fully saturated rings. The Morgan fingerprint density at radius 2 is 2.08 bits per heavy atom. The van der Waals surface area contributed by atoms with Crippen molar-refractivity contribution in [2.45, 2.75) is 32.0 Å². The second-order valence-electron chi connectivity index (χ2n) is 6.74. The summed E-state index contributed by atoms with van der Waals surface area (Å²) in [4.78, 5) is 15.1. The molecule has 1 saturated heterocycles. The van der Waals surface area contributed by atoms with Crippen LogP contribution in [0.3, 0.4) is 0 Å². The van der Waals surface area contributed by atoms with Crippen molar-refractivity contribution in [2.75, 3.05) is 19.4 Å². The van der Waals surface area contributed by atoms with E-state index in [0.29, 0.717) is 28.1 Å². The molecule has 0 bridgehead atoms. The molecule has 6 heteroatoms. The minimum absolute atomic E-state index is 0.0854. The fourth-order valence-corrected chi connectivity index (χ4v) is 3.58. The summed E-state index contributed by atoms with van der Waals surface area (Å²) in [6.07, 6.45) is 0.906. The van der Waals surface area contributed by atoms with Gasteiger partial charge in [0.15, 0.2) is 0 Å². The number of rotatable bonds is 5. The number of nitrogens with one attached hydrogen (secondary N) is 1. The molecule has 1 heterocycles. The second kappa shape index (κ2) is 7.98. The van der Waals surface area contributed by atoms with Gasteiger partial charge in [-0.2, -0.15) is 0 Å². The molecule has 0 aliphatic carbocycles. The number of benzene rings is 2. The molecule has 1 aliphatic heterocycles. The van der Waals surface area contributed by atoms with Crippen LogP contribution in [0.1, 0.15) is 29.3 Å². The van der Waals surface area contributed by atoms with Crippen LogP contribution in [0.15, 0.2) is 42.5 Å². The molecule has 138 valence electrons. The van der Waals surface area contributed by atoms with Crippen molar-refractivity contribution in [2.24, 2.45) is 0 Å². The molecule has 1 amide bonds. The van der Waals surface area contributed by atoms with Crippen LogP contribution in [-0.2, 0) is 6.54 Å². The van der Waals surface area contributed by atoms with Gasteiger partial charge in [0.25, 0.3) is 5.91 Å². The van der Waals surface area contributed by atoms with Crippen molar-refractivity contribution in [3.8, 4) is 5.75 Å². The molecular formula is C20H24ClN3O2. The highest BCUT2D eigenvalue weighted by atomic mass is 35.5. The van der Waals surface area contributed by atoms with E-state index in [2.05, 4.69) is 29.3 Å². The smallest absolute Gasteiger partial charge is 0.255 e. The number of anilines is 1. The predicted molar refractivity (Wildman–Crippen MR) is 105 cm³/mol. The topological polar surface area (TPSA) is 67.6 Å². The molecule has 0 spiro atoms. The number of amides is 1. The van der Waals surface area contributed by atoms with E-state index in [0.717, 1.165) is 19.5 Å². The van der Waals surface area contributed by atoms with Gasteiger partial charge in [-0.1, -0.05) is 41.9 Å². The van der Waals surface area contributed by atoms with E-state index >= 15 is 0 Å². The van der Waals surface area contributed by atoms with E-state index in [1.807, 2.05) is 18.2 Å². The van der Waals surface area contributed by atoms with Crippen LogP contribution >= 0.6 is 11.6 Å². The van der Waals surface area contributed by atoms with Gasteiger partial charge < -0.3 is 15.8 Å². The molecule has 1 aliphatic rings. The first-order valence-electron chi connectivity index (χ1n) is 8.69. The molecule has 3 rings (SSSR count). The minimum atomic E-state index is -0.192. The average Bonchev–Trinajstić information content (AvgIpc) is 2.96. The maximum Gasteiger partial charge on any atom is 0.255 e. The third-order valence-corrected chi connectivity index (χ3v) is 5.16. The molecule has 2 aromatic carbocycles. The molecule has 0 radical (unpaired) electrons. The van der Waals surface area contributed by atoms with Gasteiger partial charge in [0.05, 0.1) is 23.4 Å². The van der Waals surface area contributed by atoms with Crippen molar-refractivity contribution in [3.05, 3.63) is 58.6 Å². The lowest BCUT2D eigenvalue weighted by molar-refractivity contribution is 0.0934. The van der Waals surface area contributed by atoms with E-state index in [1.54, 1.807) is 12.1 Å². The van der Waals surface area contributed by atoms with Crippen LogP contribution in [0.5, 0.6) is 5.75 Å². The zero-order valence-electron chi connectivity index (χ0n) is 15.0. The molecule has 5 nitrogen and oxygen atoms in total. The average molecular weight is 374 g/mol. The first kappa shape index (κ1) is 18.5. The van der Waals surface area contributed by atoms with E-state index in [1.165, 1.54) is 12.7 Å². The third kappa shape index (κ3) is 4.11. The Balaban J connectivity index is 1.66. The monoisotopic (exact) mass is 373 g/mol. The highest BCUT2D eigenvalue weighted by Gasteiger charge is 2.30. The fraction of sp³-hybridized carbons (Fsp3) is 0.350. The number of hydrogen-bond acceptors (Lipinski definition) is 4. The Kier molecular flexibility index (Phi) is 5.69.